The maximum absolute atomic E-state index is 11.1. The number of piperidine rings is 1. The lowest BCUT2D eigenvalue weighted by Crippen LogP contribution is -2.27. The Morgan fingerprint density at radius 1 is 1.16 bits per heavy atom. The lowest BCUT2D eigenvalue weighted by atomic mass is 9.93. The number of nitrogens with zero attached hydrogens (tertiary/aromatic N) is 1. The smallest absolute Gasteiger partial charge is 0.308 e. The summed E-state index contributed by atoms with van der Waals surface area (Å²) in [5.41, 5.74) is 4.00. The monoisotopic (exact) mass is 351 g/mol. The number of likely N-dealkylation sites (tertiary alicyclic amines) is 1. The molecule has 4 rings (SSSR count). The number of thiophene rings is 1. The van der Waals surface area contributed by atoms with Gasteiger partial charge >= 0.3 is 5.97 Å². The van der Waals surface area contributed by atoms with Gasteiger partial charge in [-0.25, -0.2) is 0 Å². The zero-order valence-electron chi connectivity index (χ0n) is 14.3. The zero-order chi connectivity index (χ0) is 17.4. The predicted molar refractivity (Wildman–Crippen MR) is 103 cm³/mol. The third-order valence-corrected chi connectivity index (χ3v) is 6.06. The summed E-state index contributed by atoms with van der Waals surface area (Å²) in [6.07, 6.45) is 6.76. The van der Waals surface area contributed by atoms with Crippen molar-refractivity contribution < 1.29 is 9.90 Å². The van der Waals surface area contributed by atoms with E-state index in [1.165, 1.54) is 32.0 Å². The SMILES string of the molecule is CN1CCC(=C2C=c3ccccc3=Cc3sc(CC(=O)O)cc32)CC1. The molecule has 0 spiro atoms. The number of fused-ring (bicyclic) bond motifs is 2. The molecule has 1 aromatic carbocycles. The Bertz CT molecular complexity index is 974. The maximum Gasteiger partial charge on any atom is 0.308 e. The van der Waals surface area contributed by atoms with Gasteiger partial charge in [0.25, 0.3) is 0 Å². The van der Waals surface area contributed by atoms with Gasteiger partial charge in [0, 0.05) is 22.8 Å². The highest BCUT2D eigenvalue weighted by atomic mass is 32.1. The van der Waals surface area contributed by atoms with E-state index in [1.807, 2.05) is 0 Å². The van der Waals surface area contributed by atoms with Crippen LogP contribution in [0.15, 0.2) is 35.9 Å². The van der Waals surface area contributed by atoms with Crippen LogP contribution in [-0.2, 0) is 11.2 Å². The second-order valence-corrected chi connectivity index (χ2v) is 7.97. The van der Waals surface area contributed by atoms with Crippen molar-refractivity contribution in [3.05, 3.63) is 61.7 Å². The molecule has 0 atom stereocenters. The molecule has 0 unspecified atom stereocenters. The van der Waals surface area contributed by atoms with Crippen LogP contribution in [0.25, 0.3) is 17.7 Å². The van der Waals surface area contributed by atoms with Crippen molar-refractivity contribution >= 4 is 35.0 Å². The fourth-order valence-electron chi connectivity index (χ4n) is 3.61. The van der Waals surface area contributed by atoms with Crippen molar-refractivity contribution in [1.29, 1.82) is 0 Å². The number of rotatable bonds is 2. The Kier molecular flexibility index (Phi) is 4.32. The minimum atomic E-state index is -0.769. The van der Waals surface area contributed by atoms with E-state index in [4.69, 9.17) is 5.11 Å². The third kappa shape index (κ3) is 3.32. The molecule has 1 saturated heterocycles. The fourth-order valence-corrected chi connectivity index (χ4v) is 4.73. The van der Waals surface area contributed by atoms with Crippen molar-refractivity contribution in [3.63, 3.8) is 0 Å². The molecule has 0 amide bonds. The van der Waals surface area contributed by atoms with E-state index < -0.39 is 5.97 Å². The van der Waals surface area contributed by atoms with E-state index in [9.17, 15) is 4.79 Å². The molecule has 25 heavy (non-hydrogen) atoms. The largest absolute Gasteiger partial charge is 0.481 e. The number of hydrogen-bond acceptors (Lipinski definition) is 3. The molecule has 1 aliphatic heterocycles. The molecule has 0 radical (unpaired) electrons. The average Bonchev–Trinajstić information content (AvgIpc) is 2.89. The normalized spacial score (nSPS) is 17.2. The summed E-state index contributed by atoms with van der Waals surface area (Å²) < 4.78 is 0. The first-order valence-electron chi connectivity index (χ1n) is 8.64. The Hall–Kier alpha value is -2.17. The van der Waals surface area contributed by atoms with Crippen LogP contribution in [0.1, 0.15) is 28.2 Å². The minimum Gasteiger partial charge on any atom is -0.481 e. The second kappa shape index (κ2) is 6.62. The molecule has 1 aliphatic carbocycles. The molecule has 4 heteroatoms. The molecular formula is C21H21NO2S. The van der Waals surface area contributed by atoms with Gasteiger partial charge in [0.2, 0.25) is 0 Å². The van der Waals surface area contributed by atoms with Crippen LogP contribution >= 0.6 is 11.3 Å². The zero-order valence-corrected chi connectivity index (χ0v) is 15.1. The van der Waals surface area contributed by atoms with Gasteiger partial charge in [0.05, 0.1) is 6.42 Å². The van der Waals surface area contributed by atoms with Crippen LogP contribution in [0.3, 0.4) is 0 Å². The summed E-state index contributed by atoms with van der Waals surface area (Å²) in [5.74, 6) is -0.769. The van der Waals surface area contributed by atoms with Gasteiger partial charge in [-0.05, 0) is 59.7 Å². The molecule has 0 bridgehead atoms. The summed E-state index contributed by atoms with van der Waals surface area (Å²) in [4.78, 5) is 15.6. The first kappa shape index (κ1) is 16.3. The number of benzene rings is 1. The highest BCUT2D eigenvalue weighted by Gasteiger charge is 2.19. The molecule has 1 fully saturated rings. The summed E-state index contributed by atoms with van der Waals surface area (Å²) in [7, 11) is 2.17. The van der Waals surface area contributed by atoms with E-state index in [0.717, 1.165) is 30.8 Å². The van der Waals surface area contributed by atoms with Gasteiger partial charge in [-0.3, -0.25) is 4.79 Å². The van der Waals surface area contributed by atoms with Gasteiger partial charge in [-0.1, -0.05) is 29.8 Å². The molecule has 1 N–H and O–H groups in total. The molecule has 1 aromatic heterocycles. The van der Waals surface area contributed by atoms with Gasteiger partial charge in [-0.15, -0.1) is 11.3 Å². The number of allylic oxidation sites excluding steroid dienone is 1. The number of aliphatic carboxylic acids is 1. The first-order valence-corrected chi connectivity index (χ1v) is 9.46. The van der Waals surface area contributed by atoms with E-state index in [2.05, 4.69) is 54.4 Å². The number of carboxylic acid groups (broad SMARTS) is 1. The fraction of sp³-hybridized carbons (Fsp3) is 0.286. The van der Waals surface area contributed by atoms with Crippen molar-refractivity contribution in [1.82, 2.24) is 4.90 Å². The van der Waals surface area contributed by atoms with Crippen molar-refractivity contribution in [2.45, 2.75) is 19.3 Å². The van der Waals surface area contributed by atoms with Gasteiger partial charge < -0.3 is 10.0 Å². The molecule has 2 aromatic rings. The third-order valence-electron chi connectivity index (χ3n) is 4.98. The second-order valence-electron chi connectivity index (χ2n) is 6.80. The Morgan fingerprint density at radius 2 is 1.84 bits per heavy atom. The molecular weight excluding hydrogens is 330 g/mol. The summed E-state index contributed by atoms with van der Waals surface area (Å²) in [6, 6.07) is 10.5. The van der Waals surface area contributed by atoms with Crippen molar-refractivity contribution in [2.24, 2.45) is 0 Å². The van der Waals surface area contributed by atoms with E-state index in [0.29, 0.717) is 0 Å². The average molecular weight is 351 g/mol. The van der Waals surface area contributed by atoms with Gasteiger partial charge in [0.1, 0.15) is 0 Å². The Labute approximate surface area is 151 Å². The highest BCUT2D eigenvalue weighted by molar-refractivity contribution is 7.13. The summed E-state index contributed by atoms with van der Waals surface area (Å²) in [6.45, 7) is 2.17. The van der Waals surface area contributed by atoms with Gasteiger partial charge in [-0.2, -0.15) is 0 Å². The van der Waals surface area contributed by atoms with Crippen LogP contribution in [-0.4, -0.2) is 36.1 Å². The topological polar surface area (TPSA) is 40.5 Å². The quantitative estimate of drug-likeness (QED) is 0.904. The van der Waals surface area contributed by atoms with Crippen LogP contribution in [0.5, 0.6) is 0 Å². The number of hydrogen-bond donors (Lipinski definition) is 1. The lowest BCUT2D eigenvalue weighted by molar-refractivity contribution is -0.136. The first-order chi connectivity index (χ1) is 12.1. The molecule has 128 valence electrons. The number of carboxylic acids is 1. The lowest BCUT2D eigenvalue weighted by Gasteiger charge is -2.25. The van der Waals surface area contributed by atoms with E-state index in [-0.39, 0.29) is 6.42 Å². The summed E-state index contributed by atoms with van der Waals surface area (Å²) >= 11 is 1.61. The van der Waals surface area contributed by atoms with Crippen LogP contribution in [0.4, 0.5) is 0 Å². The maximum atomic E-state index is 11.1. The summed E-state index contributed by atoms with van der Waals surface area (Å²) in [5, 5.41) is 11.6. The highest BCUT2D eigenvalue weighted by Crippen LogP contribution is 2.35. The standard InChI is InChI=1S/C21H21NO2S/c1-22-8-6-14(7-9-22)18-10-15-4-2-3-5-16(15)11-20-19(18)12-17(25-20)13-21(23)24/h2-5,10-12H,6-9,13H2,1H3,(H,23,24). The van der Waals surface area contributed by atoms with Crippen LogP contribution in [0.2, 0.25) is 0 Å². The van der Waals surface area contributed by atoms with E-state index in [1.54, 1.807) is 11.3 Å². The van der Waals surface area contributed by atoms with Crippen LogP contribution in [0, 0.1) is 0 Å². The van der Waals surface area contributed by atoms with Crippen molar-refractivity contribution in [2.75, 3.05) is 20.1 Å². The van der Waals surface area contributed by atoms with Crippen molar-refractivity contribution in [3.8, 4) is 0 Å². The molecule has 2 heterocycles. The Balaban J connectivity index is 1.92. The molecule has 2 aliphatic rings. The van der Waals surface area contributed by atoms with Crippen LogP contribution < -0.4 is 10.4 Å². The van der Waals surface area contributed by atoms with E-state index >= 15 is 0 Å². The number of carbonyl (C=O) groups is 1. The predicted octanol–water partition coefficient (Wildman–Crippen LogP) is 2.48. The molecule has 3 nitrogen and oxygen atoms in total. The van der Waals surface area contributed by atoms with Gasteiger partial charge in [0.15, 0.2) is 0 Å². The molecule has 0 saturated carbocycles. The Morgan fingerprint density at radius 3 is 2.52 bits per heavy atom. The minimum absolute atomic E-state index is 0.0957.